The zero-order chi connectivity index (χ0) is 20.3. The predicted molar refractivity (Wildman–Crippen MR) is 108 cm³/mol. The van der Waals surface area contributed by atoms with Crippen LogP contribution in [0.1, 0.15) is 84.1 Å². The van der Waals surface area contributed by atoms with Gasteiger partial charge in [0.15, 0.2) is 11.5 Å². The summed E-state index contributed by atoms with van der Waals surface area (Å²) in [6.07, 6.45) is 2.87. The number of rotatable bonds is 6. The highest BCUT2D eigenvalue weighted by Crippen LogP contribution is 2.32. The first-order valence-electron chi connectivity index (χ1n) is 9.80. The van der Waals surface area contributed by atoms with E-state index in [1.807, 2.05) is 25.1 Å². The minimum absolute atomic E-state index is 0.0189. The van der Waals surface area contributed by atoms with E-state index in [0.29, 0.717) is 35.6 Å². The Bertz CT molecular complexity index is 852. The number of amides is 1. The summed E-state index contributed by atoms with van der Waals surface area (Å²) in [5.74, 6) is 0.0533. The quantitative estimate of drug-likeness (QED) is 0.684. The predicted octanol–water partition coefficient (Wildman–Crippen LogP) is 4.71. The molecular formula is C22H26ClNO4. The summed E-state index contributed by atoms with van der Waals surface area (Å²) >= 11 is 6.11. The molecule has 1 heterocycles. The number of hydrogen-bond donors (Lipinski definition) is 2. The molecule has 1 saturated carbocycles. The van der Waals surface area contributed by atoms with Crippen molar-refractivity contribution in [2.24, 2.45) is 0 Å². The highest BCUT2D eigenvalue weighted by Gasteiger charge is 2.28. The lowest BCUT2D eigenvalue weighted by Gasteiger charge is -2.26. The average molecular weight is 404 g/mol. The standard InChI is InChI=1S/C22H26ClNO4/c1-3-19(26)20-12-18(22(27)24-16-7-9-17(25)10-8-16)21(28-20)13(2)14-5-4-6-15(23)11-14/h4-6,11-13,16-17,25H,3,7-10H2,1-2H3,(H,24,27)/t13-,16?,17?/m0/s1. The molecule has 1 atom stereocenters. The van der Waals surface area contributed by atoms with Crippen LogP contribution in [0, 0.1) is 0 Å². The molecule has 2 aromatic rings. The Hall–Kier alpha value is -2.11. The Balaban J connectivity index is 1.89. The molecule has 1 amide bonds. The Kier molecular flexibility index (Phi) is 6.57. The summed E-state index contributed by atoms with van der Waals surface area (Å²) in [7, 11) is 0. The highest BCUT2D eigenvalue weighted by atomic mass is 35.5. The fraction of sp³-hybridized carbons (Fsp3) is 0.455. The smallest absolute Gasteiger partial charge is 0.255 e. The van der Waals surface area contributed by atoms with Crippen molar-refractivity contribution in [2.45, 2.75) is 64.0 Å². The Morgan fingerprint density at radius 2 is 1.96 bits per heavy atom. The molecule has 28 heavy (non-hydrogen) atoms. The third-order valence-electron chi connectivity index (χ3n) is 5.38. The molecule has 1 aliphatic carbocycles. The number of nitrogens with one attached hydrogen (secondary N) is 1. The van der Waals surface area contributed by atoms with E-state index in [-0.39, 0.29) is 35.5 Å². The fourth-order valence-corrected chi connectivity index (χ4v) is 3.83. The van der Waals surface area contributed by atoms with Gasteiger partial charge in [0.2, 0.25) is 0 Å². The molecule has 3 rings (SSSR count). The zero-order valence-electron chi connectivity index (χ0n) is 16.2. The van der Waals surface area contributed by atoms with Crippen molar-refractivity contribution in [1.82, 2.24) is 5.32 Å². The molecule has 0 saturated heterocycles. The van der Waals surface area contributed by atoms with Crippen LogP contribution in [0.5, 0.6) is 0 Å². The second-order valence-electron chi connectivity index (χ2n) is 7.42. The summed E-state index contributed by atoms with van der Waals surface area (Å²) in [6, 6.07) is 8.96. The first-order chi connectivity index (χ1) is 13.4. The van der Waals surface area contributed by atoms with Gasteiger partial charge in [-0.15, -0.1) is 0 Å². The van der Waals surface area contributed by atoms with Gasteiger partial charge in [0.05, 0.1) is 11.7 Å². The first kappa shape index (κ1) is 20.6. The SMILES string of the molecule is CCC(=O)c1cc(C(=O)NC2CCC(O)CC2)c([C@@H](C)c2cccc(Cl)c2)o1. The van der Waals surface area contributed by atoms with Gasteiger partial charge in [0, 0.05) is 29.5 Å². The largest absolute Gasteiger partial charge is 0.456 e. The van der Waals surface area contributed by atoms with Crippen molar-refractivity contribution < 1.29 is 19.1 Å². The number of Topliss-reactive ketones (excluding diaryl/α,β-unsaturated/α-hetero) is 1. The second-order valence-corrected chi connectivity index (χ2v) is 7.86. The molecule has 0 bridgehead atoms. The summed E-state index contributed by atoms with van der Waals surface area (Å²) < 4.78 is 5.86. The molecule has 5 nitrogen and oxygen atoms in total. The lowest BCUT2D eigenvalue weighted by Crippen LogP contribution is -2.38. The van der Waals surface area contributed by atoms with Gasteiger partial charge in [-0.05, 0) is 43.4 Å². The van der Waals surface area contributed by atoms with Gasteiger partial charge in [0.25, 0.3) is 5.91 Å². The van der Waals surface area contributed by atoms with Gasteiger partial charge in [-0.1, -0.05) is 37.6 Å². The molecule has 1 aromatic carbocycles. The summed E-state index contributed by atoms with van der Waals surface area (Å²) in [4.78, 5) is 25.1. The van der Waals surface area contributed by atoms with Crippen molar-refractivity contribution in [3.05, 3.63) is 58.0 Å². The van der Waals surface area contributed by atoms with E-state index >= 15 is 0 Å². The van der Waals surface area contributed by atoms with Crippen LogP contribution >= 0.6 is 11.6 Å². The van der Waals surface area contributed by atoms with Gasteiger partial charge >= 0.3 is 0 Å². The van der Waals surface area contributed by atoms with E-state index in [2.05, 4.69) is 5.32 Å². The van der Waals surface area contributed by atoms with Gasteiger partial charge in [-0.2, -0.15) is 0 Å². The van der Waals surface area contributed by atoms with Crippen LogP contribution in [0.4, 0.5) is 0 Å². The number of benzene rings is 1. The first-order valence-corrected chi connectivity index (χ1v) is 10.2. The summed E-state index contributed by atoms with van der Waals surface area (Å²) in [5, 5.41) is 13.3. The lowest BCUT2D eigenvalue weighted by atomic mass is 9.92. The number of hydrogen-bond acceptors (Lipinski definition) is 4. The maximum Gasteiger partial charge on any atom is 0.255 e. The van der Waals surface area contributed by atoms with Crippen molar-refractivity contribution in [3.8, 4) is 0 Å². The summed E-state index contributed by atoms with van der Waals surface area (Å²) in [5.41, 5.74) is 1.29. The van der Waals surface area contributed by atoms with Crippen molar-refractivity contribution in [1.29, 1.82) is 0 Å². The normalized spacial score (nSPS) is 20.6. The van der Waals surface area contributed by atoms with Crippen LogP contribution in [-0.2, 0) is 0 Å². The van der Waals surface area contributed by atoms with Crippen LogP contribution < -0.4 is 5.32 Å². The third-order valence-corrected chi connectivity index (χ3v) is 5.61. The molecule has 0 spiro atoms. The van der Waals surface area contributed by atoms with E-state index in [4.69, 9.17) is 16.0 Å². The minimum Gasteiger partial charge on any atom is -0.456 e. The van der Waals surface area contributed by atoms with Gasteiger partial charge in [-0.25, -0.2) is 0 Å². The van der Waals surface area contributed by atoms with Crippen LogP contribution in [-0.4, -0.2) is 28.9 Å². The number of halogens is 1. The monoisotopic (exact) mass is 403 g/mol. The van der Waals surface area contributed by atoms with E-state index in [0.717, 1.165) is 18.4 Å². The molecular weight excluding hydrogens is 378 g/mol. The maximum atomic E-state index is 13.0. The number of carbonyl (C=O) groups excluding carboxylic acids is 2. The van der Waals surface area contributed by atoms with E-state index in [9.17, 15) is 14.7 Å². The van der Waals surface area contributed by atoms with Crippen LogP contribution in [0.15, 0.2) is 34.7 Å². The number of furan rings is 1. The van der Waals surface area contributed by atoms with Gasteiger partial charge < -0.3 is 14.8 Å². The number of carbonyl (C=O) groups is 2. The molecule has 1 fully saturated rings. The molecule has 0 aliphatic heterocycles. The number of aliphatic hydroxyl groups is 1. The highest BCUT2D eigenvalue weighted by molar-refractivity contribution is 6.30. The topological polar surface area (TPSA) is 79.5 Å². The van der Waals surface area contributed by atoms with Crippen LogP contribution in [0.25, 0.3) is 0 Å². The van der Waals surface area contributed by atoms with Crippen LogP contribution in [0.3, 0.4) is 0 Å². The minimum atomic E-state index is -0.283. The lowest BCUT2D eigenvalue weighted by molar-refractivity contribution is 0.0865. The molecule has 2 N–H and O–H groups in total. The average Bonchev–Trinajstić information content (AvgIpc) is 3.14. The molecule has 1 aliphatic rings. The molecule has 1 aromatic heterocycles. The fourth-order valence-electron chi connectivity index (χ4n) is 3.63. The maximum absolute atomic E-state index is 13.0. The van der Waals surface area contributed by atoms with Crippen molar-refractivity contribution >= 4 is 23.3 Å². The van der Waals surface area contributed by atoms with E-state index < -0.39 is 0 Å². The molecule has 0 unspecified atom stereocenters. The van der Waals surface area contributed by atoms with Crippen molar-refractivity contribution in [3.63, 3.8) is 0 Å². The summed E-state index contributed by atoms with van der Waals surface area (Å²) in [6.45, 7) is 3.69. The third kappa shape index (κ3) is 4.65. The Morgan fingerprint density at radius 1 is 1.25 bits per heavy atom. The van der Waals surface area contributed by atoms with Gasteiger partial charge in [-0.3, -0.25) is 9.59 Å². The molecule has 150 valence electrons. The second kappa shape index (κ2) is 8.93. The zero-order valence-corrected chi connectivity index (χ0v) is 17.0. The molecule has 6 heteroatoms. The Morgan fingerprint density at radius 3 is 2.61 bits per heavy atom. The molecule has 0 radical (unpaired) electrons. The Labute approximate surface area is 170 Å². The van der Waals surface area contributed by atoms with E-state index in [1.165, 1.54) is 0 Å². The number of ketones is 1. The van der Waals surface area contributed by atoms with E-state index in [1.54, 1.807) is 19.1 Å². The number of aliphatic hydroxyl groups excluding tert-OH is 1. The van der Waals surface area contributed by atoms with Crippen LogP contribution in [0.2, 0.25) is 5.02 Å². The van der Waals surface area contributed by atoms with Gasteiger partial charge in [0.1, 0.15) is 5.76 Å². The van der Waals surface area contributed by atoms with Crippen molar-refractivity contribution in [2.75, 3.05) is 0 Å².